The summed E-state index contributed by atoms with van der Waals surface area (Å²) in [6.07, 6.45) is -7.73. The summed E-state index contributed by atoms with van der Waals surface area (Å²) in [6.45, 7) is 0. The smallest absolute Gasteiger partial charge is 0.403 e. The molecule has 0 saturated heterocycles. The Labute approximate surface area is 74.9 Å². The Balaban J connectivity index is 2.92. The lowest BCUT2D eigenvalue weighted by atomic mass is 10.3. The minimum atomic E-state index is -4.90. The van der Waals surface area contributed by atoms with Gasteiger partial charge in [0.05, 0.1) is 6.07 Å². The summed E-state index contributed by atoms with van der Waals surface area (Å²) in [5.74, 6) is -1.74. The van der Waals surface area contributed by atoms with Crippen molar-refractivity contribution < 1.29 is 27.6 Å². The Morgan fingerprint density at radius 3 is 2.43 bits per heavy atom. The third-order valence-electron chi connectivity index (χ3n) is 1.37. The fraction of sp³-hybridized carbons (Fsp3) is 0.333. The third-order valence-corrected chi connectivity index (χ3v) is 1.37. The SMILES string of the molecule is O=[N+]([O-])c1ccc(C(O)C(F)(F)F)o1. The topological polar surface area (TPSA) is 76.5 Å². The van der Waals surface area contributed by atoms with Gasteiger partial charge in [0.25, 0.3) is 0 Å². The minimum Gasteiger partial charge on any atom is -0.403 e. The van der Waals surface area contributed by atoms with Gasteiger partial charge in [0, 0.05) is 0 Å². The van der Waals surface area contributed by atoms with Crippen LogP contribution < -0.4 is 0 Å². The average Bonchev–Trinajstić information content (AvgIpc) is 2.48. The van der Waals surface area contributed by atoms with Crippen molar-refractivity contribution >= 4 is 5.88 Å². The van der Waals surface area contributed by atoms with Crippen molar-refractivity contribution in [2.45, 2.75) is 12.3 Å². The first kappa shape index (κ1) is 10.5. The first-order valence-corrected chi connectivity index (χ1v) is 3.31. The van der Waals surface area contributed by atoms with E-state index in [0.717, 1.165) is 6.07 Å². The van der Waals surface area contributed by atoms with E-state index in [1.165, 1.54) is 0 Å². The maximum atomic E-state index is 11.9. The summed E-state index contributed by atoms with van der Waals surface area (Å²) in [4.78, 5) is 9.04. The molecule has 5 nitrogen and oxygen atoms in total. The van der Waals surface area contributed by atoms with E-state index < -0.39 is 28.8 Å². The van der Waals surface area contributed by atoms with E-state index in [1.807, 2.05) is 0 Å². The molecule has 0 spiro atoms. The highest BCUT2D eigenvalue weighted by Gasteiger charge is 2.42. The van der Waals surface area contributed by atoms with E-state index >= 15 is 0 Å². The average molecular weight is 211 g/mol. The predicted molar refractivity (Wildman–Crippen MR) is 36.4 cm³/mol. The number of aliphatic hydroxyl groups is 1. The molecular formula is C6H4F3NO4. The van der Waals surface area contributed by atoms with Crippen LogP contribution in [0.2, 0.25) is 0 Å². The van der Waals surface area contributed by atoms with Gasteiger partial charge in [-0.3, -0.25) is 10.1 Å². The number of furan rings is 1. The van der Waals surface area contributed by atoms with Crippen LogP contribution in [0.1, 0.15) is 11.9 Å². The minimum absolute atomic E-state index is 0.705. The van der Waals surface area contributed by atoms with Gasteiger partial charge in [-0.05, 0) is 6.07 Å². The van der Waals surface area contributed by atoms with E-state index in [2.05, 4.69) is 4.42 Å². The molecule has 1 atom stereocenters. The van der Waals surface area contributed by atoms with Gasteiger partial charge in [0.1, 0.15) is 10.7 Å². The van der Waals surface area contributed by atoms with Crippen molar-refractivity contribution in [3.8, 4) is 0 Å². The number of nitrogens with zero attached hydrogens (tertiary/aromatic N) is 1. The summed E-state index contributed by atoms with van der Waals surface area (Å²) >= 11 is 0. The summed E-state index contributed by atoms with van der Waals surface area (Å²) in [6, 6.07) is 1.45. The van der Waals surface area contributed by atoms with Gasteiger partial charge in [-0.15, -0.1) is 0 Å². The molecule has 0 amide bonds. The van der Waals surface area contributed by atoms with Gasteiger partial charge >= 0.3 is 12.1 Å². The second-order valence-corrected chi connectivity index (χ2v) is 2.38. The molecule has 1 heterocycles. The zero-order valence-electron chi connectivity index (χ0n) is 6.49. The second kappa shape index (κ2) is 3.29. The number of rotatable bonds is 2. The standard InChI is InChI=1S/C6H4F3NO4/c7-6(8,9)5(11)3-1-2-4(14-3)10(12)13/h1-2,5,11H. The molecular weight excluding hydrogens is 207 g/mol. The summed E-state index contributed by atoms with van der Waals surface area (Å²) < 4.78 is 39.8. The molecule has 0 aliphatic rings. The van der Waals surface area contributed by atoms with E-state index in [4.69, 9.17) is 5.11 Å². The maximum Gasteiger partial charge on any atom is 0.433 e. The van der Waals surface area contributed by atoms with Gasteiger partial charge in [0.15, 0.2) is 0 Å². The first-order valence-electron chi connectivity index (χ1n) is 3.31. The molecule has 78 valence electrons. The molecule has 8 heteroatoms. The number of hydrogen-bond acceptors (Lipinski definition) is 4. The summed E-state index contributed by atoms with van der Waals surface area (Å²) in [5, 5.41) is 18.6. The Bertz CT molecular complexity index is 345. The lowest BCUT2D eigenvalue weighted by Gasteiger charge is -2.10. The highest BCUT2D eigenvalue weighted by Crippen LogP contribution is 2.34. The zero-order chi connectivity index (χ0) is 10.9. The predicted octanol–water partition coefficient (Wildman–Crippen LogP) is 1.78. The van der Waals surface area contributed by atoms with Crippen molar-refractivity contribution in [1.29, 1.82) is 0 Å². The number of alkyl halides is 3. The molecule has 1 N–H and O–H groups in total. The molecule has 0 fully saturated rings. The molecule has 1 aromatic heterocycles. The van der Waals surface area contributed by atoms with Crippen molar-refractivity contribution in [2.24, 2.45) is 0 Å². The van der Waals surface area contributed by atoms with Gasteiger partial charge in [-0.2, -0.15) is 13.2 Å². The normalized spacial score (nSPS) is 14.0. The number of nitro groups is 1. The summed E-state index contributed by atoms with van der Waals surface area (Å²) in [7, 11) is 0. The molecule has 14 heavy (non-hydrogen) atoms. The van der Waals surface area contributed by atoms with Crippen LogP contribution in [0.5, 0.6) is 0 Å². The lowest BCUT2D eigenvalue weighted by molar-refractivity contribution is -0.402. The van der Waals surface area contributed by atoms with Crippen molar-refractivity contribution in [2.75, 3.05) is 0 Å². The molecule has 0 radical (unpaired) electrons. The highest BCUT2D eigenvalue weighted by molar-refractivity contribution is 5.19. The van der Waals surface area contributed by atoms with Crippen molar-refractivity contribution in [1.82, 2.24) is 0 Å². The highest BCUT2D eigenvalue weighted by atomic mass is 19.4. The molecule has 1 aromatic rings. The van der Waals surface area contributed by atoms with Gasteiger partial charge in [0.2, 0.25) is 6.10 Å². The fourth-order valence-electron chi connectivity index (χ4n) is 0.749. The first-order chi connectivity index (χ1) is 6.32. The van der Waals surface area contributed by atoms with Crippen LogP contribution in [-0.4, -0.2) is 16.2 Å². The number of halogens is 3. The lowest BCUT2D eigenvalue weighted by Crippen LogP contribution is -2.19. The van der Waals surface area contributed by atoms with Crippen LogP contribution in [0.4, 0.5) is 19.1 Å². The number of aliphatic hydroxyl groups excluding tert-OH is 1. The molecule has 1 unspecified atom stereocenters. The van der Waals surface area contributed by atoms with Crippen LogP contribution >= 0.6 is 0 Å². The zero-order valence-corrected chi connectivity index (χ0v) is 6.49. The third kappa shape index (κ3) is 2.02. The van der Waals surface area contributed by atoms with E-state index in [0.29, 0.717) is 6.07 Å². The van der Waals surface area contributed by atoms with Gasteiger partial charge in [-0.25, -0.2) is 0 Å². The number of hydrogen-bond donors (Lipinski definition) is 1. The van der Waals surface area contributed by atoms with Crippen LogP contribution in [0.15, 0.2) is 16.5 Å². The van der Waals surface area contributed by atoms with Crippen LogP contribution in [-0.2, 0) is 0 Å². The fourth-order valence-corrected chi connectivity index (χ4v) is 0.749. The monoisotopic (exact) mass is 211 g/mol. The molecule has 0 aliphatic heterocycles. The van der Waals surface area contributed by atoms with Crippen LogP contribution in [0, 0.1) is 10.1 Å². The summed E-state index contributed by atoms with van der Waals surface area (Å²) in [5.41, 5.74) is 0. The Morgan fingerprint density at radius 1 is 1.50 bits per heavy atom. The largest absolute Gasteiger partial charge is 0.433 e. The molecule has 0 saturated carbocycles. The molecule has 0 aliphatic carbocycles. The second-order valence-electron chi connectivity index (χ2n) is 2.38. The van der Waals surface area contributed by atoms with Gasteiger partial charge in [-0.1, -0.05) is 0 Å². The Morgan fingerprint density at radius 2 is 2.07 bits per heavy atom. The Hall–Kier alpha value is -1.57. The maximum absolute atomic E-state index is 11.9. The van der Waals surface area contributed by atoms with Gasteiger partial charge < -0.3 is 9.52 Å². The van der Waals surface area contributed by atoms with E-state index in [-0.39, 0.29) is 0 Å². The molecule has 0 bridgehead atoms. The van der Waals surface area contributed by atoms with E-state index in [1.54, 1.807) is 0 Å². The van der Waals surface area contributed by atoms with Crippen molar-refractivity contribution in [3.05, 3.63) is 28.0 Å². The Kier molecular flexibility index (Phi) is 2.47. The van der Waals surface area contributed by atoms with Crippen molar-refractivity contribution in [3.63, 3.8) is 0 Å². The van der Waals surface area contributed by atoms with Crippen LogP contribution in [0.25, 0.3) is 0 Å². The molecule has 1 rings (SSSR count). The van der Waals surface area contributed by atoms with E-state index in [9.17, 15) is 23.3 Å². The quantitative estimate of drug-likeness (QED) is 0.597. The molecule has 0 aromatic carbocycles. The van der Waals surface area contributed by atoms with Crippen LogP contribution in [0.3, 0.4) is 0 Å².